The molecular weight excluding hydrogens is 234 g/mol. The number of rotatable bonds is 4. The molecule has 0 spiro atoms. The van der Waals surface area contributed by atoms with Crippen LogP contribution in [0.1, 0.15) is 13.8 Å². The topological polar surface area (TPSA) is 30.5 Å². The first-order chi connectivity index (χ1) is 8.20. The van der Waals surface area contributed by atoms with Gasteiger partial charge in [0.1, 0.15) is 13.2 Å². The van der Waals surface area contributed by atoms with Crippen molar-refractivity contribution in [2.45, 2.75) is 30.0 Å². The Kier molecular flexibility index (Phi) is 4.18. The zero-order chi connectivity index (χ0) is 12.3. The molecule has 0 aromatic heterocycles. The van der Waals surface area contributed by atoms with Gasteiger partial charge in [0.25, 0.3) is 0 Å². The Morgan fingerprint density at radius 3 is 2.59 bits per heavy atom. The van der Waals surface area contributed by atoms with Crippen LogP contribution in [0.25, 0.3) is 0 Å². The number of fused-ring (bicyclic) bond motifs is 1. The number of thioether (sulfide) groups is 1. The molecule has 0 amide bonds. The minimum absolute atomic E-state index is 0.480. The lowest BCUT2D eigenvalue weighted by Gasteiger charge is -2.21. The maximum absolute atomic E-state index is 5.58. The first kappa shape index (κ1) is 12.6. The van der Waals surface area contributed by atoms with Gasteiger partial charge in [-0.2, -0.15) is 0 Å². The number of benzene rings is 1. The van der Waals surface area contributed by atoms with Crippen LogP contribution in [0.2, 0.25) is 0 Å². The molecule has 0 fully saturated rings. The lowest BCUT2D eigenvalue weighted by molar-refractivity contribution is 0.171. The lowest BCUT2D eigenvalue weighted by atomic mass is 10.3. The van der Waals surface area contributed by atoms with E-state index < -0.39 is 0 Å². The van der Waals surface area contributed by atoms with E-state index in [1.165, 1.54) is 4.90 Å². The van der Waals surface area contributed by atoms with Gasteiger partial charge < -0.3 is 14.8 Å². The Morgan fingerprint density at radius 2 is 1.88 bits per heavy atom. The van der Waals surface area contributed by atoms with Crippen molar-refractivity contribution in [3.63, 3.8) is 0 Å². The molecule has 3 nitrogen and oxygen atoms in total. The van der Waals surface area contributed by atoms with Gasteiger partial charge in [-0.15, -0.1) is 11.8 Å². The van der Waals surface area contributed by atoms with Crippen LogP contribution in [0.3, 0.4) is 0 Å². The second-order valence-electron chi connectivity index (χ2n) is 4.21. The second kappa shape index (κ2) is 5.65. The molecule has 1 aromatic carbocycles. The summed E-state index contributed by atoms with van der Waals surface area (Å²) in [5, 5.41) is 3.79. The molecule has 0 bridgehead atoms. The summed E-state index contributed by atoms with van der Waals surface area (Å²) < 4.78 is 11.1. The zero-order valence-electron chi connectivity index (χ0n) is 10.5. The van der Waals surface area contributed by atoms with Crippen LogP contribution in [0.5, 0.6) is 11.5 Å². The number of hydrogen-bond acceptors (Lipinski definition) is 4. The summed E-state index contributed by atoms with van der Waals surface area (Å²) in [5.74, 6) is 1.72. The molecule has 0 radical (unpaired) electrons. The molecule has 2 unspecified atom stereocenters. The molecule has 1 N–H and O–H groups in total. The summed E-state index contributed by atoms with van der Waals surface area (Å²) >= 11 is 1.85. The lowest BCUT2D eigenvalue weighted by Crippen LogP contribution is -2.30. The van der Waals surface area contributed by atoms with Crippen LogP contribution < -0.4 is 14.8 Å². The van der Waals surface area contributed by atoms with Crippen LogP contribution >= 0.6 is 11.8 Å². The standard InChI is InChI=1S/C13H19NO2S/c1-9(14-3)10(2)17-11-4-5-12-13(8-11)16-7-6-15-12/h4-5,8-10,14H,6-7H2,1-3H3. The summed E-state index contributed by atoms with van der Waals surface area (Å²) in [4.78, 5) is 1.23. The summed E-state index contributed by atoms with van der Waals surface area (Å²) in [6.45, 7) is 5.70. The van der Waals surface area contributed by atoms with Gasteiger partial charge in [-0.1, -0.05) is 6.92 Å². The van der Waals surface area contributed by atoms with Crippen molar-refractivity contribution in [1.29, 1.82) is 0 Å². The average Bonchev–Trinajstić information content (AvgIpc) is 2.37. The molecule has 0 saturated heterocycles. The minimum Gasteiger partial charge on any atom is -0.486 e. The molecule has 1 aliphatic heterocycles. The molecule has 0 saturated carbocycles. The highest BCUT2D eigenvalue weighted by molar-refractivity contribution is 8.00. The predicted molar refractivity (Wildman–Crippen MR) is 71.3 cm³/mol. The van der Waals surface area contributed by atoms with E-state index in [0.29, 0.717) is 24.5 Å². The summed E-state index contributed by atoms with van der Waals surface area (Å²) in [7, 11) is 1.99. The molecule has 2 atom stereocenters. The van der Waals surface area contributed by atoms with Gasteiger partial charge in [0.2, 0.25) is 0 Å². The Labute approximate surface area is 107 Å². The number of hydrogen-bond donors (Lipinski definition) is 1. The highest BCUT2D eigenvalue weighted by Crippen LogP contribution is 2.35. The van der Waals surface area contributed by atoms with Crippen LogP contribution in [-0.2, 0) is 0 Å². The maximum atomic E-state index is 5.58. The van der Waals surface area contributed by atoms with Crippen molar-refractivity contribution in [2.75, 3.05) is 20.3 Å². The fourth-order valence-electron chi connectivity index (χ4n) is 1.65. The maximum Gasteiger partial charge on any atom is 0.162 e. The fraction of sp³-hybridized carbons (Fsp3) is 0.538. The first-order valence-corrected chi connectivity index (χ1v) is 6.82. The Morgan fingerprint density at radius 1 is 1.18 bits per heavy atom. The minimum atomic E-state index is 0.480. The second-order valence-corrected chi connectivity index (χ2v) is 5.66. The highest BCUT2D eigenvalue weighted by atomic mass is 32.2. The third-order valence-corrected chi connectivity index (χ3v) is 4.30. The third kappa shape index (κ3) is 3.07. The van der Waals surface area contributed by atoms with E-state index in [1.54, 1.807) is 0 Å². The van der Waals surface area contributed by atoms with Gasteiger partial charge in [0.05, 0.1) is 0 Å². The van der Waals surface area contributed by atoms with Crippen molar-refractivity contribution < 1.29 is 9.47 Å². The van der Waals surface area contributed by atoms with E-state index in [0.717, 1.165) is 11.5 Å². The zero-order valence-corrected chi connectivity index (χ0v) is 11.3. The fourth-order valence-corrected chi connectivity index (χ4v) is 2.74. The van der Waals surface area contributed by atoms with E-state index in [1.807, 2.05) is 24.9 Å². The van der Waals surface area contributed by atoms with Crippen LogP contribution in [0.15, 0.2) is 23.1 Å². The van der Waals surface area contributed by atoms with E-state index in [4.69, 9.17) is 9.47 Å². The number of ether oxygens (including phenoxy) is 2. The largest absolute Gasteiger partial charge is 0.486 e. The summed E-state index contributed by atoms with van der Waals surface area (Å²) in [6.07, 6.45) is 0. The Bertz CT molecular complexity index is 384. The van der Waals surface area contributed by atoms with Crippen molar-refractivity contribution >= 4 is 11.8 Å². The third-order valence-electron chi connectivity index (χ3n) is 3.00. The van der Waals surface area contributed by atoms with Gasteiger partial charge in [-0.05, 0) is 32.2 Å². The first-order valence-electron chi connectivity index (χ1n) is 5.94. The predicted octanol–water partition coefficient (Wildman–Crippen LogP) is 2.55. The van der Waals surface area contributed by atoms with E-state index in [-0.39, 0.29) is 0 Å². The van der Waals surface area contributed by atoms with Gasteiger partial charge in [0.15, 0.2) is 11.5 Å². The Hall–Kier alpha value is -0.870. The summed E-state index contributed by atoms with van der Waals surface area (Å²) in [5.41, 5.74) is 0. The molecule has 0 aliphatic carbocycles. The van der Waals surface area contributed by atoms with Gasteiger partial charge in [-0.3, -0.25) is 0 Å². The molecule has 1 heterocycles. The smallest absolute Gasteiger partial charge is 0.162 e. The van der Waals surface area contributed by atoms with E-state index in [2.05, 4.69) is 31.3 Å². The van der Waals surface area contributed by atoms with Crippen LogP contribution in [0, 0.1) is 0 Å². The molecule has 1 aromatic rings. The van der Waals surface area contributed by atoms with Gasteiger partial charge >= 0.3 is 0 Å². The van der Waals surface area contributed by atoms with E-state index in [9.17, 15) is 0 Å². The van der Waals surface area contributed by atoms with Crippen molar-refractivity contribution in [3.8, 4) is 11.5 Å². The van der Waals surface area contributed by atoms with Gasteiger partial charge in [-0.25, -0.2) is 0 Å². The highest BCUT2D eigenvalue weighted by Gasteiger charge is 2.15. The molecule has 4 heteroatoms. The van der Waals surface area contributed by atoms with Crippen molar-refractivity contribution in [3.05, 3.63) is 18.2 Å². The monoisotopic (exact) mass is 253 g/mol. The SMILES string of the molecule is CNC(C)C(C)Sc1ccc2c(c1)OCCO2. The molecular formula is C13H19NO2S. The van der Waals surface area contributed by atoms with Gasteiger partial charge in [0, 0.05) is 16.2 Å². The Balaban J connectivity index is 2.06. The molecule has 17 heavy (non-hydrogen) atoms. The van der Waals surface area contributed by atoms with Crippen LogP contribution in [0.4, 0.5) is 0 Å². The molecule has 94 valence electrons. The molecule has 1 aliphatic rings. The van der Waals surface area contributed by atoms with Crippen LogP contribution in [-0.4, -0.2) is 31.6 Å². The quantitative estimate of drug-likeness (QED) is 0.835. The molecule has 2 rings (SSSR count). The average molecular weight is 253 g/mol. The normalized spacial score (nSPS) is 17.6. The van der Waals surface area contributed by atoms with Crippen molar-refractivity contribution in [1.82, 2.24) is 5.32 Å². The van der Waals surface area contributed by atoms with Crippen molar-refractivity contribution in [2.24, 2.45) is 0 Å². The number of nitrogens with one attached hydrogen (secondary N) is 1. The van der Waals surface area contributed by atoms with E-state index >= 15 is 0 Å². The summed E-state index contributed by atoms with van der Waals surface area (Å²) in [6, 6.07) is 6.64.